The van der Waals surface area contributed by atoms with Crippen molar-refractivity contribution in [2.45, 2.75) is 32.7 Å². The van der Waals surface area contributed by atoms with Gasteiger partial charge in [-0.25, -0.2) is 4.68 Å². The van der Waals surface area contributed by atoms with E-state index in [1.165, 1.54) is 11.1 Å². The van der Waals surface area contributed by atoms with Gasteiger partial charge in [-0.1, -0.05) is 30.3 Å². The Balaban J connectivity index is 0.00000240. The second kappa shape index (κ2) is 9.25. The summed E-state index contributed by atoms with van der Waals surface area (Å²) < 4.78 is 1.79. The number of carbonyl (C=O) groups is 1. The Morgan fingerprint density at radius 1 is 1.07 bits per heavy atom. The number of rotatable bonds is 4. The molecule has 1 aliphatic rings. The maximum atomic E-state index is 13.1. The highest BCUT2D eigenvalue weighted by atomic mass is 35.5. The number of aromatic nitrogens is 2. The van der Waals surface area contributed by atoms with Crippen molar-refractivity contribution in [3.05, 3.63) is 71.4 Å². The van der Waals surface area contributed by atoms with Crippen LogP contribution >= 0.6 is 12.4 Å². The number of nitrogens with zero attached hydrogens (tertiary/aromatic N) is 2. The van der Waals surface area contributed by atoms with E-state index in [0.717, 1.165) is 42.9 Å². The van der Waals surface area contributed by atoms with E-state index in [-0.39, 0.29) is 24.4 Å². The SMILES string of the molecule is Cc1ccc(-c2nn(-c3ccccc3)cc2C(=O)NC2CCNCC2)cc1C.Cl. The van der Waals surface area contributed by atoms with Crippen molar-refractivity contribution >= 4 is 18.3 Å². The summed E-state index contributed by atoms with van der Waals surface area (Å²) in [5.74, 6) is -0.0534. The van der Waals surface area contributed by atoms with E-state index in [2.05, 4.69) is 36.6 Å². The number of amides is 1. The first-order valence-corrected chi connectivity index (χ1v) is 9.86. The number of carbonyl (C=O) groups excluding carboxylic acids is 1. The number of halogens is 1. The molecule has 29 heavy (non-hydrogen) atoms. The maximum Gasteiger partial charge on any atom is 0.255 e. The van der Waals surface area contributed by atoms with Gasteiger partial charge in [0.25, 0.3) is 5.91 Å². The van der Waals surface area contributed by atoms with Gasteiger partial charge in [0, 0.05) is 17.8 Å². The molecular weight excluding hydrogens is 384 g/mol. The van der Waals surface area contributed by atoms with Crippen molar-refractivity contribution in [2.24, 2.45) is 0 Å². The molecule has 0 aliphatic carbocycles. The van der Waals surface area contributed by atoms with Crippen molar-refractivity contribution < 1.29 is 4.79 Å². The Bertz CT molecular complexity index is 978. The first kappa shape index (κ1) is 21.1. The lowest BCUT2D eigenvalue weighted by atomic mass is 10.0. The van der Waals surface area contributed by atoms with Gasteiger partial charge in [-0.05, 0) is 69.1 Å². The number of hydrogen-bond acceptors (Lipinski definition) is 3. The number of para-hydroxylation sites is 1. The molecule has 1 amide bonds. The van der Waals surface area contributed by atoms with E-state index >= 15 is 0 Å². The van der Waals surface area contributed by atoms with Crippen LogP contribution in [0.4, 0.5) is 0 Å². The van der Waals surface area contributed by atoms with Gasteiger partial charge < -0.3 is 10.6 Å². The Hall–Kier alpha value is -2.63. The van der Waals surface area contributed by atoms with Crippen LogP contribution in [0.1, 0.15) is 34.3 Å². The average Bonchev–Trinajstić information content (AvgIpc) is 3.17. The van der Waals surface area contributed by atoms with Crippen molar-refractivity contribution in [2.75, 3.05) is 13.1 Å². The fourth-order valence-corrected chi connectivity index (χ4v) is 3.58. The smallest absolute Gasteiger partial charge is 0.255 e. The zero-order valence-electron chi connectivity index (χ0n) is 16.8. The van der Waals surface area contributed by atoms with Crippen LogP contribution in [0.5, 0.6) is 0 Å². The van der Waals surface area contributed by atoms with Crippen LogP contribution in [-0.2, 0) is 0 Å². The highest BCUT2D eigenvalue weighted by Gasteiger charge is 2.22. The summed E-state index contributed by atoms with van der Waals surface area (Å²) >= 11 is 0. The Morgan fingerprint density at radius 3 is 2.48 bits per heavy atom. The molecule has 1 aliphatic heterocycles. The molecular formula is C23H27ClN4O. The molecule has 1 saturated heterocycles. The minimum atomic E-state index is -0.0534. The summed E-state index contributed by atoms with van der Waals surface area (Å²) in [5.41, 5.74) is 5.66. The summed E-state index contributed by atoms with van der Waals surface area (Å²) in [6.07, 6.45) is 3.76. The molecule has 0 spiro atoms. The third kappa shape index (κ3) is 4.69. The zero-order valence-corrected chi connectivity index (χ0v) is 17.6. The number of piperidine rings is 1. The maximum absolute atomic E-state index is 13.1. The molecule has 0 atom stereocenters. The summed E-state index contributed by atoms with van der Waals surface area (Å²) in [4.78, 5) is 13.1. The molecule has 1 fully saturated rings. The second-order valence-corrected chi connectivity index (χ2v) is 7.47. The van der Waals surface area contributed by atoms with Gasteiger partial charge in [-0.15, -0.1) is 12.4 Å². The molecule has 1 aromatic heterocycles. The zero-order chi connectivity index (χ0) is 19.5. The van der Waals surface area contributed by atoms with Crippen molar-refractivity contribution in [3.8, 4) is 16.9 Å². The van der Waals surface area contributed by atoms with Gasteiger partial charge in [0.05, 0.1) is 11.3 Å². The molecule has 2 N–H and O–H groups in total. The third-order valence-corrected chi connectivity index (χ3v) is 5.43. The lowest BCUT2D eigenvalue weighted by molar-refractivity contribution is 0.0930. The first-order valence-electron chi connectivity index (χ1n) is 9.86. The van der Waals surface area contributed by atoms with Crippen LogP contribution < -0.4 is 10.6 Å². The highest BCUT2D eigenvalue weighted by Crippen LogP contribution is 2.26. The van der Waals surface area contributed by atoms with Crippen molar-refractivity contribution in [1.29, 1.82) is 0 Å². The lowest BCUT2D eigenvalue weighted by Gasteiger charge is -2.23. The van der Waals surface area contributed by atoms with Crippen LogP contribution in [0.15, 0.2) is 54.7 Å². The van der Waals surface area contributed by atoms with Crippen LogP contribution in [0, 0.1) is 13.8 Å². The number of benzene rings is 2. The molecule has 0 radical (unpaired) electrons. The summed E-state index contributed by atoms with van der Waals surface area (Å²) in [6, 6.07) is 16.3. The van der Waals surface area contributed by atoms with Gasteiger partial charge in [0.15, 0.2) is 0 Å². The standard InChI is InChI=1S/C23H26N4O.ClH/c1-16-8-9-18(14-17(16)2)22-21(23(28)25-19-10-12-24-13-11-19)15-27(26-22)20-6-4-3-5-7-20;/h3-9,14-15,19,24H,10-13H2,1-2H3,(H,25,28);1H. The van der Waals surface area contributed by atoms with Gasteiger partial charge in [-0.2, -0.15) is 5.10 Å². The van der Waals surface area contributed by atoms with Crippen molar-refractivity contribution in [1.82, 2.24) is 20.4 Å². The molecule has 5 nitrogen and oxygen atoms in total. The van der Waals surface area contributed by atoms with E-state index in [1.807, 2.05) is 42.6 Å². The normalized spacial score (nSPS) is 14.3. The minimum Gasteiger partial charge on any atom is -0.349 e. The molecule has 3 aromatic rings. The van der Waals surface area contributed by atoms with Gasteiger partial charge in [-0.3, -0.25) is 4.79 Å². The van der Waals surface area contributed by atoms with E-state index in [9.17, 15) is 4.79 Å². The monoisotopic (exact) mass is 410 g/mol. The number of nitrogens with one attached hydrogen (secondary N) is 2. The lowest BCUT2D eigenvalue weighted by Crippen LogP contribution is -2.42. The molecule has 2 heterocycles. The number of hydrogen-bond donors (Lipinski definition) is 2. The van der Waals surface area contributed by atoms with Crippen LogP contribution in [-0.4, -0.2) is 34.8 Å². The minimum absolute atomic E-state index is 0. The van der Waals surface area contributed by atoms with Gasteiger partial charge in [0.2, 0.25) is 0 Å². The predicted molar refractivity (Wildman–Crippen MR) is 119 cm³/mol. The van der Waals surface area contributed by atoms with E-state index in [0.29, 0.717) is 5.56 Å². The van der Waals surface area contributed by atoms with E-state index in [4.69, 9.17) is 5.10 Å². The predicted octanol–water partition coefficient (Wildman–Crippen LogP) is 4.06. The van der Waals surface area contributed by atoms with Crippen LogP contribution in [0.2, 0.25) is 0 Å². The average molecular weight is 411 g/mol. The Morgan fingerprint density at radius 2 is 1.79 bits per heavy atom. The highest BCUT2D eigenvalue weighted by molar-refractivity contribution is 6.00. The molecule has 4 rings (SSSR count). The topological polar surface area (TPSA) is 59.0 Å². The summed E-state index contributed by atoms with van der Waals surface area (Å²) in [6.45, 7) is 6.06. The van der Waals surface area contributed by atoms with Crippen molar-refractivity contribution in [3.63, 3.8) is 0 Å². The van der Waals surface area contributed by atoms with E-state index in [1.54, 1.807) is 4.68 Å². The molecule has 0 bridgehead atoms. The van der Waals surface area contributed by atoms with Crippen LogP contribution in [0.3, 0.4) is 0 Å². The molecule has 2 aromatic carbocycles. The Kier molecular flexibility index (Phi) is 6.72. The summed E-state index contributed by atoms with van der Waals surface area (Å²) in [7, 11) is 0. The van der Waals surface area contributed by atoms with Crippen LogP contribution in [0.25, 0.3) is 16.9 Å². The first-order chi connectivity index (χ1) is 13.6. The fourth-order valence-electron chi connectivity index (χ4n) is 3.58. The van der Waals surface area contributed by atoms with E-state index < -0.39 is 0 Å². The molecule has 0 saturated carbocycles. The fraction of sp³-hybridized carbons (Fsp3) is 0.304. The Labute approximate surface area is 177 Å². The molecule has 0 unspecified atom stereocenters. The van der Waals surface area contributed by atoms with Gasteiger partial charge in [0.1, 0.15) is 5.69 Å². The third-order valence-electron chi connectivity index (χ3n) is 5.43. The summed E-state index contributed by atoms with van der Waals surface area (Å²) in [5, 5.41) is 11.3. The largest absolute Gasteiger partial charge is 0.349 e. The number of aryl methyl sites for hydroxylation is 2. The quantitative estimate of drug-likeness (QED) is 0.681. The van der Waals surface area contributed by atoms with Gasteiger partial charge >= 0.3 is 0 Å². The second-order valence-electron chi connectivity index (χ2n) is 7.47. The molecule has 152 valence electrons. The molecule has 6 heteroatoms.